The summed E-state index contributed by atoms with van der Waals surface area (Å²) in [6.45, 7) is 10.1. The first-order valence-electron chi connectivity index (χ1n) is 15.6. The molecule has 2 fully saturated rings. The summed E-state index contributed by atoms with van der Waals surface area (Å²) in [6.07, 6.45) is -1.18. The molecule has 10 nitrogen and oxygen atoms in total. The highest BCUT2D eigenvalue weighted by atomic mass is 35.5. The van der Waals surface area contributed by atoms with E-state index in [0.29, 0.717) is 36.8 Å². The minimum absolute atomic E-state index is 0.00452. The molecule has 5 aromatic rings. The van der Waals surface area contributed by atoms with Gasteiger partial charge in [-0.15, -0.1) is 11.3 Å². The number of nitrogens with zero attached hydrogens (tertiary/aromatic N) is 5. The van der Waals surface area contributed by atoms with Crippen molar-refractivity contribution in [3.8, 4) is 21.7 Å². The van der Waals surface area contributed by atoms with Crippen LogP contribution in [0.4, 0.5) is 5.82 Å². The Labute approximate surface area is 281 Å². The minimum atomic E-state index is -1.18. The number of aryl methyl sites for hydroxylation is 2. The van der Waals surface area contributed by atoms with Crippen LogP contribution in [0.25, 0.3) is 42.8 Å². The highest BCUT2D eigenvalue weighted by Gasteiger charge is 2.36. The zero-order valence-electron chi connectivity index (χ0n) is 26.9. The van der Waals surface area contributed by atoms with Crippen LogP contribution in [0.3, 0.4) is 0 Å². The number of carbonyl (C=O) groups is 2. The van der Waals surface area contributed by atoms with Crippen molar-refractivity contribution in [1.82, 2.24) is 19.7 Å². The number of amides is 1. The molecule has 3 aromatic carbocycles. The fraction of sp³-hybridized carbons (Fsp3) is 0.371. The van der Waals surface area contributed by atoms with Gasteiger partial charge in [-0.1, -0.05) is 23.7 Å². The number of halogens is 1. The lowest BCUT2D eigenvalue weighted by Crippen LogP contribution is -2.60. The molecule has 0 radical (unpaired) electrons. The van der Waals surface area contributed by atoms with Gasteiger partial charge in [-0.05, 0) is 75.2 Å². The van der Waals surface area contributed by atoms with E-state index < -0.39 is 17.7 Å². The number of carboxylic acid groups (broad SMARTS) is 1. The highest BCUT2D eigenvalue weighted by molar-refractivity contribution is 7.22. The zero-order chi connectivity index (χ0) is 33.2. The Balaban J connectivity index is 1.35. The number of fused-ring (bicyclic) bond motifs is 3. The summed E-state index contributed by atoms with van der Waals surface area (Å²) in [5.41, 5.74) is 5.02. The lowest BCUT2D eigenvalue weighted by Gasteiger charge is -2.43. The van der Waals surface area contributed by atoms with Crippen molar-refractivity contribution < 1.29 is 24.2 Å². The molecule has 2 aliphatic heterocycles. The summed E-state index contributed by atoms with van der Waals surface area (Å²) in [5, 5.41) is 17.7. The summed E-state index contributed by atoms with van der Waals surface area (Å²) < 4.78 is 14.5. The number of anilines is 1. The van der Waals surface area contributed by atoms with Crippen molar-refractivity contribution in [2.45, 2.75) is 45.4 Å². The number of morpholine rings is 1. The van der Waals surface area contributed by atoms with Gasteiger partial charge in [0, 0.05) is 53.8 Å². The Morgan fingerprint density at radius 1 is 1.13 bits per heavy atom. The van der Waals surface area contributed by atoms with E-state index in [1.165, 1.54) is 11.3 Å². The van der Waals surface area contributed by atoms with Gasteiger partial charge in [-0.25, -0.2) is 9.78 Å². The molecule has 0 aliphatic carbocycles. The maximum absolute atomic E-state index is 12.7. The number of hydrogen-bond acceptors (Lipinski definition) is 8. The number of thiazole rings is 1. The zero-order valence-corrected chi connectivity index (χ0v) is 28.5. The van der Waals surface area contributed by atoms with Crippen LogP contribution in [-0.2, 0) is 26.1 Å². The molecule has 0 bridgehead atoms. The van der Waals surface area contributed by atoms with Crippen molar-refractivity contribution in [1.29, 1.82) is 0 Å². The molecule has 47 heavy (non-hydrogen) atoms. The predicted molar refractivity (Wildman–Crippen MR) is 184 cm³/mol. The van der Waals surface area contributed by atoms with Crippen LogP contribution >= 0.6 is 22.9 Å². The van der Waals surface area contributed by atoms with Gasteiger partial charge in [0.05, 0.1) is 34.0 Å². The standard InChI is InChI=1S/C35H36ClN5O5S/c1-19-14-25-31(29(20-6-9-22(36)10-7-20)28(19)30(34(43)44)46-35(2,3)4)47-33(37-25)21-8-11-26-24(15-21)32(38-39(26)5)40-12-13-41-23(16-40)17-45-18-27(41)42/h6-11,14-15,23,30H,12-13,16-18H2,1-5H3,(H,43,44)/t23-,30?/m0/s1. The fourth-order valence-electron chi connectivity index (χ4n) is 6.66. The van der Waals surface area contributed by atoms with Gasteiger partial charge in [-0.2, -0.15) is 5.10 Å². The quantitative estimate of drug-likeness (QED) is 0.219. The monoisotopic (exact) mass is 673 g/mol. The number of rotatable bonds is 6. The third kappa shape index (κ3) is 5.86. The summed E-state index contributed by atoms with van der Waals surface area (Å²) in [5.74, 6) is -0.144. The molecule has 4 heterocycles. The van der Waals surface area contributed by atoms with Crippen LogP contribution in [0.15, 0.2) is 48.5 Å². The topological polar surface area (TPSA) is 110 Å². The normalized spacial score (nSPS) is 17.8. The molecule has 0 spiro atoms. The van der Waals surface area contributed by atoms with Crippen LogP contribution in [0.2, 0.25) is 5.02 Å². The number of carboxylic acids is 1. The maximum atomic E-state index is 12.7. The average Bonchev–Trinajstić information content (AvgIpc) is 3.60. The Morgan fingerprint density at radius 3 is 2.60 bits per heavy atom. The van der Waals surface area contributed by atoms with Gasteiger partial charge in [0.25, 0.3) is 0 Å². The predicted octanol–water partition coefficient (Wildman–Crippen LogP) is 6.47. The lowest BCUT2D eigenvalue weighted by atomic mass is 9.91. The van der Waals surface area contributed by atoms with Gasteiger partial charge >= 0.3 is 5.97 Å². The molecule has 2 atom stereocenters. The molecule has 2 saturated heterocycles. The summed E-state index contributed by atoms with van der Waals surface area (Å²) in [4.78, 5) is 34.3. The Bertz CT molecular complexity index is 2030. The highest BCUT2D eigenvalue weighted by Crippen LogP contribution is 2.45. The van der Waals surface area contributed by atoms with Crippen molar-refractivity contribution in [2.75, 3.05) is 37.7 Å². The second-order valence-corrected chi connectivity index (χ2v) is 14.6. The molecule has 1 N–H and O–H groups in total. The SMILES string of the molecule is Cc1cc2nc(-c3ccc4c(c3)c(N3CCN5C(=O)COC[C@@H]5C3)nn4C)sc2c(-c2ccc(Cl)cc2)c1C(OC(C)(C)C)C(=O)O. The Hall–Kier alpha value is -4.03. The Kier molecular flexibility index (Phi) is 7.99. The van der Waals surface area contributed by atoms with Crippen LogP contribution in [0.1, 0.15) is 38.0 Å². The number of piperazine rings is 1. The van der Waals surface area contributed by atoms with Gasteiger partial charge in [0.15, 0.2) is 11.9 Å². The Morgan fingerprint density at radius 2 is 1.87 bits per heavy atom. The first kappa shape index (κ1) is 31.6. The second-order valence-electron chi connectivity index (χ2n) is 13.2. The van der Waals surface area contributed by atoms with E-state index in [-0.39, 0.29) is 18.6 Å². The van der Waals surface area contributed by atoms with Crippen LogP contribution < -0.4 is 4.90 Å². The molecule has 1 amide bonds. The molecule has 1 unspecified atom stereocenters. The molecule has 2 aliphatic rings. The van der Waals surface area contributed by atoms with E-state index in [0.717, 1.165) is 54.2 Å². The van der Waals surface area contributed by atoms with Crippen molar-refractivity contribution in [2.24, 2.45) is 7.05 Å². The van der Waals surface area contributed by atoms with Gasteiger partial charge < -0.3 is 24.4 Å². The number of aromatic nitrogens is 3. The van der Waals surface area contributed by atoms with E-state index in [9.17, 15) is 14.7 Å². The summed E-state index contributed by atoms with van der Waals surface area (Å²) in [7, 11) is 1.94. The van der Waals surface area contributed by atoms with Crippen LogP contribution in [0, 0.1) is 6.92 Å². The molecule has 12 heteroatoms. The number of aliphatic carboxylic acids is 1. The van der Waals surface area contributed by atoms with Crippen molar-refractivity contribution in [3.63, 3.8) is 0 Å². The molecular formula is C35H36ClN5O5S. The summed E-state index contributed by atoms with van der Waals surface area (Å²) >= 11 is 7.79. The van der Waals surface area contributed by atoms with Crippen LogP contribution in [0.5, 0.6) is 0 Å². The molecule has 2 aromatic heterocycles. The number of benzene rings is 3. The summed E-state index contributed by atoms with van der Waals surface area (Å²) in [6, 6.07) is 15.6. The lowest BCUT2D eigenvalue weighted by molar-refractivity contribution is -0.160. The van der Waals surface area contributed by atoms with Gasteiger partial charge in [-0.3, -0.25) is 9.48 Å². The number of hydrogen-bond donors (Lipinski definition) is 1. The molecule has 244 valence electrons. The smallest absolute Gasteiger partial charge is 0.337 e. The minimum Gasteiger partial charge on any atom is -0.479 e. The van der Waals surface area contributed by atoms with Gasteiger partial charge in [0.2, 0.25) is 5.91 Å². The van der Waals surface area contributed by atoms with Crippen molar-refractivity contribution in [3.05, 3.63) is 64.7 Å². The van der Waals surface area contributed by atoms with Crippen molar-refractivity contribution >= 4 is 61.8 Å². The molecular weight excluding hydrogens is 638 g/mol. The molecule has 7 rings (SSSR count). The fourth-order valence-corrected chi connectivity index (χ4v) is 7.91. The maximum Gasteiger partial charge on any atom is 0.337 e. The average molecular weight is 674 g/mol. The van der Waals surface area contributed by atoms with E-state index in [1.54, 1.807) is 0 Å². The number of ether oxygens (including phenoxy) is 2. The van der Waals surface area contributed by atoms with Gasteiger partial charge in [0.1, 0.15) is 11.6 Å². The molecule has 0 saturated carbocycles. The van der Waals surface area contributed by atoms with E-state index in [1.807, 2.05) is 74.7 Å². The van der Waals surface area contributed by atoms with Crippen LogP contribution in [-0.4, -0.2) is 81.1 Å². The third-order valence-corrected chi connectivity index (χ3v) is 10.1. The largest absolute Gasteiger partial charge is 0.479 e. The first-order valence-corrected chi connectivity index (χ1v) is 16.8. The third-order valence-electron chi connectivity index (χ3n) is 8.73. The van der Waals surface area contributed by atoms with E-state index in [4.69, 9.17) is 31.2 Å². The van der Waals surface area contributed by atoms with E-state index in [2.05, 4.69) is 23.1 Å². The van der Waals surface area contributed by atoms with E-state index >= 15 is 0 Å². The number of carbonyl (C=O) groups excluding carboxylic acids is 1. The first-order chi connectivity index (χ1) is 22.4. The second kappa shape index (κ2) is 11.9.